The first kappa shape index (κ1) is 12.5. The van der Waals surface area contributed by atoms with Crippen molar-refractivity contribution in [2.24, 2.45) is 5.16 Å². The molecule has 84 valence electrons. The number of rotatable bonds is 5. The van der Waals surface area contributed by atoms with Gasteiger partial charge in [-0.3, -0.25) is 0 Å². The van der Waals surface area contributed by atoms with Crippen LogP contribution in [0.5, 0.6) is 0 Å². The molecular weight excluding hydrogens is 228 g/mol. The Balaban J connectivity index is 2.87. The number of thioether (sulfide) groups is 1. The molecule has 1 aromatic rings. The van der Waals surface area contributed by atoms with Crippen LogP contribution in [0.3, 0.4) is 0 Å². The van der Waals surface area contributed by atoms with E-state index in [0.29, 0.717) is 0 Å². The molecule has 0 spiro atoms. The monoisotopic (exact) mass is 245 g/mol. The van der Waals surface area contributed by atoms with Crippen molar-refractivity contribution in [3.63, 3.8) is 0 Å². The van der Waals surface area contributed by atoms with E-state index in [-0.39, 0.29) is 0 Å². The topological polar surface area (TPSA) is 37.0 Å². The molecular formula is C10H17N2OS2+. The standard InChI is InChI=1S/C10H16N2OS2/c1-4-14-10-8(6-11-13)5-9(15-10)7-12(2)3/h5-6,13H,4,7H2,1-3H3/p+1/b11-6-. The fourth-order valence-electron chi connectivity index (χ4n) is 1.27. The molecule has 15 heavy (non-hydrogen) atoms. The van der Waals surface area contributed by atoms with Gasteiger partial charge in [-0.05, 0) is 11.8 Å². The van der Waals surface area contributed by atoms with Gasteiger partial charge in [-0.1, -0.05) is 12.1 Å². The van der Waals surface area contributed by atoms with Gasteiger partial charge in [0, 0.05) is 5.56 Å². The molecule has 0 radical (unpaired) electrons. The molecule has 0 atom stereocenters. The molecule has 0 aliphatic rings. The van der Waals surface area contributed by atoms with Crippen LogP contribution < -0.4 is 4.90 Å². The lowest BCUT2D eigenvalue weighted by Crippen LogP contribution is -3.04. The summed E-state index contributed by atoms with van der Waals surface area (Å²) in [6.45, 7) is 3.14. The van der Waals surface area contributed by atoms with Crippen molar-refractivity contribution in [3.05, 3.63) is 16.5 Å². The number of nitrogens with zero attached hydrogens (tertiary/aromatic N) is 1. The van der Waals surface area contributed by atoms with Gasteiger partial charge in [-0.2, -0.15) is 0 Å². The van der Waals surface area contributed by atoms with Crippen LogP contribution in [0.4, 0.5) is 0 Å². The van der Waals surface area contributed by atoms with Gasteiger partial charge >= 0.3 is 0 Å². The van der Waals surface area contributed by atoms with Crippen LogP contribution in [0.2, 0.25) is 0 Å². The molecule has 0 aliphatic heterocycles. The molecule has 1 heterocycles. The Morgan fingerprint density at radius 2 is 2.33 bits per heavy atom. The van der Waals surface area contributed by atoms with E-state index in [4.69, 9.17) is 5.21 Å². The van der Waals surface area contributed by atoms with Gasteiger partial charge < -0.3 is 10.1 Å². The normalized spacial score (nSPS) is 11.7. The SMILES string of the molecule is CCSc1sc(C[NH+](C)C)cc1/C=N\O. The van der Waals surface area contributed by atoms with Crippen molar-refractivity contribution < 1.29 is 10.1 Å². The lowest BCUT2D eigenvalue weighted by molar-refractivity contribution is -0.872. The fourth-order valence-corrected chi connectivity index (χ4v) is 3.74. The summed E-state index contributed by atoms with van der Waals surface area (Å²) in [6, 6.07) is 2.11. The van der Waals surface area contributed by atoms with E-state index in [1.165, 1.54) is 20.2 Å². The summed E-state index contributed by atoms with van der Waals surface area (Å²) in [6.07, 6.45) is 1.52. The quantitative estimate of drug-likeness (QED) is 0.355. The summed E-state index contributed by atoms with van der Waals surface area (Å²) in [4.78, 5) is 2.73. The van der Waals surface area contributed by atoms with Gasteiger partial charge in [0.15, 0.2) is 0 Å². The average molecular weight is 245 g/mol. The van der Waals surface area contributed by atoms with Gasteiger partial charge in [0.1, 0.15) is 6.54 Å². The third-order valence-electron chi connectivity index (χ3n) is 1.78. The van der Waals surface area contributed by atoms with Crippen LogP contribution in [-0.2, 0) is 6.54 Å². The first-order chi connectivity index (χ1) is 7.17. The van der Waals surface area contributed by atoms with E-state index in [0.717, 1.165) is 17.9 Å². The molecule has 3 nitrogen and oxygen atoms in total. The highest BCUT2D eigenvalue weighted by Gasteiger charge is 2.09. The Morgan fingerprint density at radius 3 is 2.87 bits per heavy atom. The predicted molar refractivity (Wildman–Crippen MR) is 66.6 cm³/mol. The van der Waals surface area contributed by atoms with Crippen LogP contribution in [0, 0.1) is 0 Å². The minimum Gasteiger partial charge on any atom is -0.411 e. The summed E-state index contributed by atoms with van der Waals surface area (Å²) in [5, 5.41) is 11.7. The van der Waals surface area contributed by atoms with Crippen LogP contribution in [0.15, 0.2) is 15.4 Å². The molecule has 0 saturated carbocycles. The van der Waals surface area contributed by atoms with E-state index >= 15 is 0 Å². The van der Waals surface area contributed by atoms with Gasteiger partial charge in [-0.15, -0.1) is 23.1 Å². The second-order valence-corrected chi connectivity index (χ2v) is 6.19. The van der Waals surface area contributed by atoms with Crippen LogP contribution in [-0.4, -0.2) is 31.3 Å². The minimum atomic E-state index is 1.02. The van der Waals surface area contributed by atoms with Crippen molar-refractivity contribution in [1.29, 1.82) is 0 Å². The molecule has 1 aromatic heterocycles. The van der Waals surface area contributed by atoms with Gasteiger partial charge in [-0.25, -0.2) is 0 Å². The zero-order valence-electron chi connectivity index (χ0n) is 9.28. The summed E-state index contributed by atoms with van der Waals surface area (Å²) in [5.74, 6) is 1.04. The molecule has 0 aromatic carbocycles. The summed E-state index contributed by atoms with van der Waals surface area (Å²) < 4.78 is 1.24. The van der Waals surface area contributed by atoms with Gasteiger partial charge in [0.25, 0.3) is 0 Å². The molecule has 0 amide bonds. The van der Waals surface area contributed by atoms with E-state index in [1.54, 1.807) is 23.1 Å². The second-order valence-electron chi connectivity index (χ2n) is 3.52. The van der Waals surface area contributed by atoms with Gasteiger partial charge in [0.05, 0.1) is 29.4 Å². The molecule has 5 heteroatoms. The summed E-state index contributed by atoms with van der Waals surface area (Å²) in [5.41, 5.74) is 1.03. The number of nitrogens with one attached hydrogen (secondary N) is 1. The lowest BCUT2D eigenvalue weighted by Gasteiger charge is -2.03. The Labute approximate surface area is 98.8 Å². The van der Waals surface area contributed by atoms with Crippen molar-refractivity contribution in [3.8, 4) is 0 Å². The van der Waals surface area contributed by atoms with Gasteiger partial charge in [0.2, 0.25) is 0 Å². The Kier molecular flexibility index (Phi) is 5.14. The Morgan fingerprint density at radius 1 is 1.60 bits per heavy atom. The fraction of sp³-hybridized carbons (Fsp3) is 0.500. The third kappa shape index (κ3) is 3.85. The van der Waals surface area contributed by atoms with E-state index in [2.05, 4.69) is 32.2 Å². The maximum atomic E-state index is 8.56. The summed E-state index contributed by atoms with van der Waals surface area (Å²) >= 11 is 3.59. The van der Waals surface area contributed by atoms with Crippen molar-refractivity contribution in [1.82, 2.24) is 0 Å². The summed E-state index contributed by atoms with van der Waals surface area (Å²) in [7, 11) is 4.26. The smallest absolute Gasteiger partial charge is 0.112 e. The molecule has 0 bridgehead atoms. The van der Waals surface area contributed by atoms with Crippen molar-refractivity contribution in [2.75, 3.05) is 19.8 Å². The molecule has 0 saturated heterocycles. The highest BCUT2D eigenvalue weighted by Crippen LogP contribution is 2.30. The highest BCUT2D eigenvalue weighted by atomic mass is 32.2. The first-order valence-corrected chi connectivity index (χ1v) is 6.69. The molecule has 0 unspecified atom stereocenters. The van der Waals surface area contributed by atoms with Crippen LogP contribution in [0.1, 0.15) is 17.4 Å². The van der Waals surface area contributed by atoms with Crippen LogP contribution in [0.25, 0.3) is 0 Å². The number of hydrogen-bond acceptors (Lipinski definition) is 4. The largest absolute Gasteiger partial charge is 0.411 e. The zero-order valence-corrected chi connectivity index (χ0v) is 10.9. The third-order valence-corrected chi connectivity index (χ3v) is 4.11. The first-order valence-electron chi connectivity index (χ1n) is 4.89. The number of quaternary nitrogens is 1. The van der Waals surface area contributed by atoms with Crippen molar-refractivity contribution >= 4 is 29.3 Å². The second kappa shape index (κ2) is 6.15. The number of thiophene rings is 1. The van der Waals surface area contributed by atoms with Crippen LogP contribution >= 0.6 is 23.1 Å². The number of oxime groups is 1. The number of hydrogen-bond donors (Lipinski definition) is 2. The predicted octanol–water partition coefficient (Wildman–Crippen LogP) is 1.31. The highest BCUT2D eigenvalue weighted by molar-refractivity contribution is 8.01. The Hall–Kier alpha value is -0.520. The Bertz CT molecular complexity index is 334. The maximum absolute atomic E-state index is 8.56. The van der Waals surface area contributed by atoms with Crippen molar-refractivity contribution in [2.45, 2.75) is 17.7 Å². The molecule has 1 rings (SSSR count). The molecule has 2 N–H and O–H groups in total. The van der Waals surface area contributed by atoms with E-state index in [1.807, 2.05) is 0 Å². The average Bonchev–Trinajstić information content (AvgIpc) is 2.48. The molecule has 0 aliphatic carbocycles. The lowest BCUT2D eigenvalue weighted by atomic mass is 10.3. The maximum Gasteiger partial charge on any atom is 0.112 e. The van der Waals surface area contributed by atoms with E-state index < -0.39 is 0 Å². The van der Waals surface area contributed by atoms with E-state index in [9.17, 15) is 0 Å². The molecule has 0 fully saturated rings. The minimum absolute atomic E-state index is 1.02. The zero-order chi connectivity index (χ0) is 11.3.